The van der Waals surface area contributed by atoms with Crippen LogP contribution in [0.25, 0.3) is 0 Å². The average Bonchev–Trinajstić information content (AvgIpc) is 3.13. The van der Waals surface area contributed by atoms with Crippen LogP contribution in [0.1, 0.15) is 22.6 Å². The highest BCUT2D eigenvalue weighted by Gasteiger charge is 2.39. The van der Waals surface area contributed by atoms with Crippen molar-refractivity contribution in [3.05, 3.63) is 108 Å². The van der Waals surface area contributed by atoms with Crippen LogP contribution in [0.3, 0.4) is 0 Å². The molecule has 5 nitrogen and oxygen atoms in total. The second-order valence-electron chi connectivity index (χ2n) is 6.80. The molecule has 1 heterocycles. The van der Waals surface area contributed by atoms with E-state index < -0.39 is 12.2 Å². The van der Waals surface area contributed by atoms with Gasteiger partial charge in [-0.25, -0.2) is 4.79 Å². The SMILES string of the molecule is O=C1N/C(=N\OCCc2ccccc2)C(C(c2ccccc2)c2ccccc2)O1. The van der Waals surface area contributed by atoms with Crippen molar-refractivity contribution in [2.24, 2.45) is 5.16 Å². The molecule has 0 saturated carbocycles. The first kappa shape index (κ1) is 18.7. The van der Waals surface area contributed by atoms with Crippen molar-refractivity contribution in [1.29, 1.82) is 0 Å². The summed E-state index contributed by atoms with van der Waals surface area (Å²) >= 11 is 0. The lowest BCUT2D eigenvalue weighted by molar-refractivity contribution is 0.132. The highest BCUT2D eigenvalue weighted by atomic mass is 16.6. The largest absolute Gasteiger partial charge is 0.437 e. The molecule has 1 atom stereocenters. The molecule has 1 saturated heterocycles. The molecule has 0 bridgehead atoms. The van der Waals surface area contributed by atoms with Crippen molar-refractivity contribution in [3.63, 3.8) is 0 Å². The Balaban J connectivity index is 1.55. The van der Waals surface area contributed by atoms with Crippen LogP contribution in [-0.2, 0) is 16.0 Å². The maximum absolute atomic E-state index is 12.0. The summed E-state index contributed by atoms with van der Waals surface area (Å²) in [6.07, 6.45) is -0.362. The molecule has 29 heavy (non-hydrogen) atoms. The smallest absolute Gasteiger partial charge is 0.413 e. The lowest BCUT2D eigenvalue weighted by atomic mass is 9.86. The van der Waals surface area contributed by atoms with Crippen LogP contribution in [0, 0.1) is 0 Å². The van der Waals surface area contributed by atoms with Crippen molar-refractivity contribution >= 4 is 11.9 Å². The number of rotatable bonds is 7. The fourth-order valence-corrected chi connectivity index (χ4v) is 3.46. The third kappa shape index (κ3) is 4.63. The molecule has 146 valence electrons. The molecular weight excluding hydrogens is 364 g/mol. The molecule has 4 rings (SSSR count). The maximum atomic E-state index is 12.0. The second-order valence-corrected chi connectivity index (χ2v) is 6.80. The van der Waals surface area contributed by atoms with Gasteiger partial charge in [0.05, 0.1) is 5.92 Å². The summed E-state index contributed by atoms with van der Waals surface area (Å²) in [6, 6.07) is 30.0. The van der Waals surface area contributed by atoms with Crippen LogP contribution in [-0.4, -0.2) is 24.6 Å². The summed E-state index contributed by atoms with van der Waals surface area (Å²) < 4.78 is 5.60. The topological polar surface area (TPSA) is 59.9 Å². The molecule has 1 aliphatic rings. The van der Waals surface area contributed by atoms with Gasteiger partial charge >= 0.3 is 6.09 Å². The van der Waals surface area contributed by atoms with Crippen molar-refractivity contribution in [3.8, 4) is 0 Å². The Morgan fingerprint density at radius 1 is 0.862 bits per heavy atom. The summed E-state index contributed by atoms with van der Waals surface area (Å²) in [5, 5.41) is 6.89. The van der Waals surface area contributed by atoms with Gasteiger partial charge in [-0.15, -0.1) is 0 Å². The zero-order valence-electron chi connectivity index (χ0n) is 15.9. The van der Waals surface area contributed by atoms with Crippen molar-refractivity contribution in [2.45, 2.75) is 18.4 Å². The number of carbonyl (C=O) groups is 1. The van der Waals surface area contributed by atoms with Crippen LogP contribution >= 0.6 is 0 Å². The van der Waals surface area contributed by atoms with Gasteiger partial charge in [-0.3, -0.25) is 5.32 Å². The summed E-state index contributed by atoms with van der Waals surface area (Å²) in [6.45, 7) is 0.414. The summed E-state index contributed by atoms with van der Waals surface area (Å²) in [7, 11) is 0. The van der Waals surface area contributed by atoms with E-state index >= 15 is 0 Å². The minimum absolute atomic E-state index is 0.187. The van der Waals surface area contributed by atoms with Crippen molar-refractivity contribution in [2.75, 3.05) is 6.61 Å². The normalized spacial score (nSPS) is 17.2. The molecule has 1 fully saturated rings. The molecule has 0 aliphatic carbocycles. The fourth-order valence-electron chi connectivity index (χ4n) is 3.46. The van der Waals surface area contributed by atoms with Crippen molar-refractivity contribution < 1.29 is 14.4 Å². The van der Waals surface area contributed by atoms with Crippen LogP contribution in [0.2, 0.25) is 0 Å². The van der Waals surface area contributed by atoms with Gasteiger partial charge in [0, 0.05) is 6.42 Å². The predicted molar refractivity (Wildman–Crippen MR) is 112 cm³/mol. The van der Waals surface area contributed by atoms with E-state index in [9.17, 15) is 4.79 Å². The molecule has 0 spiro atoms. The highest BCUT2D eigenvalue weighted by molar-refractivity contribution is 6.03. The molecule has 5 heteroatoms. The van der Waals surface area contributed by atoms with Crippen LogP contribution in [0.4, 0.5) is 4.79 Å². The number of carbonyl (C=O) groups excluding carboxylic acids is 1. The number of ether oxygens (including phenoxy) is 1. The minimum atomic E-state index is -0.580. The van der Waals surface area contributed by atoms with E-state index in [1.807, 2.05) is 91.0 Å². The number of alkyl carbamates (subject to hydrolysis) is 1. The number of hydrogen-bond donors (Lipinski definition) is 1. The van der Waals surface area contributed by atoms with E-state index in [0.717, 1.165) is 17.5 Å². The Labute approximate surface area is 170 Å². The monoisotopic (exact) mass is 386 g/mol. The molecule has 1 unspecified atom stereocenters. The number of oxime groups is 1. The summed E-state index contributed by atoms with van der Waals surface area (Å²) in [5.74, 6) is 0.202. The highest BCUT2D eigenvalue weighted by Crippen LogP contribution is 2.32. The van der Waals surface area contributed by atoms with E-state index in [0.29, 0.717) is 12.4 Å². The number of nitrogens with one attached hydrogen (secondary N) is 1. The van der Waals surface area contributed by atoms with E-state index in [2.05, 4.69) is 10.5 Å². The molecule has 1 amide bonds. The van der Waals surface area contributed by atoms with Crippen LogP contribution in [0.15, 0.2) is 96.2 Å². The molecule has 1 N–H and O–H groups in total. The number of cyclic esters (lactones) is 1. The fraction of sp³-hybridized carbons (Fsp3) is 0.167. The molecule has 3 aromatic rings. The van der Waals surface area contributed by atoms with Crippen LogP contribution in [0.5, 0.6) is 0 Å². The first-order chi connectivity index (χ1) is 14.3. The summed E-state index contributed by atoms with van der Waals surface area (Å²) in [5.41, 5.74) is 3.25. The van der Waals surface area contributed by atoms with Gasteiger partial charge < -0.3 is 9.57 Å². The van der Waals surface area contributed by atoms with Gasteiger partial charge in [0.1, 0.15) is 6.61 Å². The van der Waals surface area contributed by atoms with Gasteiger partial charge in [0.15, 0.2) is 11.9 Å². The Morgan fingerprint density at radius 3 is 2.00 bits per heavy atom. The standard InChI is InChI=1S/C24H22N2O3/c27-24-25-23(26-28-17-16-18-10-4-1-5-11-18)22(29-24)21(19-12-6-2-7-13-19)20-14-8-3-9-15-20/h1-15,21-22H,16-17H2,(H,25,26,27). The Bertz CT molecular complexity index is 920. The molecule has 0 aromatic heterocycles. The van der Waals surface area contributed by atoms with Gasteiger partial charge in [0.25, 0.3) is 0 Å². The zero-order valence-corrected chi connectivity index (χ0v) is 15.9. The average molecular weight is 386 g/mol. The number of amidine groups is 1. The number of hydrogen-bond acceptors (Lipinski definition) is 4. The number of benzene rings is 3. The number of nitrogens with zero attached hydrogens (tertiary/aromatic N) is 1. The van der Waals surface area contributed by atoms with Crippen molar-refractivity contribution in [1.82, 2.24) is 5.32 Å². The van der Waals surface area contributed by atoms with Gasteiger partial charge in [-0.1, -0.05) is 96.2 Å². The predicted octanol–water partition coefficient (Wildman–Crippen LogP) is 4.50. The Kier molecular flexibility index (Phi) is 5.86. The Hall–Kier alpha value is -3.60. The molecule has 0 radical (unpaired) electrons. The maximum Gasteiger partial charge on any atom is 0.413 e. The van der Waals surface area contributed by atoms with Gasteiger partial charge in [-0.05, 0) is 16.7 Å². The lowest BCUT2D eigenvalue weighted by Crippen LogP contribution is -2.31. The zero-order chi connectivity index (χ0) is 19.9. The molecular formula is C24H22N2O3. The summed E-state index contributed by atoms with van der Waals surface area (Å²) in [4.78, 5) is 17.5. The van der Waals surface area contributed by atoms with Gasteiger partial charge in [0.2, 0.25) is 0 Å². The minimum Gasteiger partial charge on any atom is -0.437 e. The first-order valence-corrected chi connectivity index (χ1v) is 9.62. The van der Waals surface area contributed by atoms with E-state index in [1.54, 1.807) is 0 Å². The number of amides is 1. The third-order valence-electron chi connectivity index (χ3n) is 4.84. The first-order valence-electron chi connectivity index (χ1n) is 9.62. The van der Waals surface area contributed by atoms with E-state index in [-0.39, 0.29) is 5.92 Å². The Morgan fingerprint density at radius 2 is 1.41 bits per heavy atom. The second kappa shape index (κ2) is 9.06. The lowest BCUT2D eigenvalue weighted by Gasteiger charge is -2.22. The quantitative estimate of drug-likeness (QED) is 0.480. The van der Waals surface area contributed by atoms with E-state index in [1.165, 1.54) is 5.56 Å². The third-order valence-corrected chi connectivity index (χ3v) is 4.84. The van der Waals surface area contributed by atoms with E-state index in [4.69, 9.17) is 9.57 Å². The molecule has 1 aliphatic heterocycles. The van der Waals surface area contributed by atoms with Gasteiger partial charge in [-0.2, -0.15) is 0 Å². The molecule has 3 aromatic carbocycles. The van der Waals surface area contributed by atoms with Crippen LogP contribution < -0.4 is 5.32 Å².